The smallest absolute Gasteiger partial charge is 0.270 e. The lowest BCUT2D eigenvalue weighted by atomic mass is 10.1. The van der Waals surface area contributed by atoms with E-state index < -0.39 is 11.0 Å². The first-order valence-corrected chi connectivity index (χ1v) is 7.20. The van der Waals surface area contributed by atoms with Crippen molar-refractivity contribution >= 4 is 17.1 Å². The second kappa shape index (κ2) is 7.54. The zero-order chi connectivity index (χ0) is 17.7. The third-order valence-corrected chi connectivity index (χ3v) is 3.22. The number of nitrogens with zero attached hydrogens (tertiary/aromatic N) is 5. The topological polar surface area (TPSA) is 120 Å². The SMILES string of the molecule is CN(C)CC(O)Cn1cc(Nc2ccc([N+](=O)[O-])cc2C#N)cn1. The number of nitriles is 1. The molecule has 0 aliphatic rings. The molecule has 0 aliphatic heterocycles. The molecule has 1 aromatic carbocycles. The summed E-state index contributed by atoms with van der Waals surface area (Å²) in [4.78, 5) is 12.1. The molecule has 24 heavy (non-hydrogen) atoms. The number of aliphatic hydroxyl groups is 1. The predicted molar refractivity (Wildman–Crippen MR) is 87.9 cm³/mol. The maximum absolute atomic E-state index is 10.8. The summed E-state index contributed by atoms with van der Waals surface area (Å²) in [5.41, 5.74) is 1.11. The molecular formula is C15H18N6O3. The molecule has 2 aromatic rings. The quantitative estimate of drug-likeness (QED) is 0.580. The van der Waals surface area contributed by atoms with E-state index in [0.717, 1.165) is 0 Å². The molecule has 0 saturated heterocycles. The number of nitrogens with one attached hydrogen (secondary N) is 1. The number of nitro groups is 1. The zero-order valence-corrected chi connectivity index (χ0v) is 13.4. The van der Waals surface area contributed by atoms with Gasteiger partial charge in [0.25, 0.3) is 5.69 Å². The molecule has 1 heterocycles. The minimum atomic E-state index is -0.554. The molecule has 9 nitrogen and oxygen atoms in total. The standard InChI is InChI=1S/C15H18N6O3/c1-19(2)9-14(22)10-20-8-12(7-17-20)18-15-4-3-13(21(23)24)5-11(15)6-16/h3-5,7-8,14,18,22H,9-10H2,1-2H3. The predicted octanol–water partition coefficient (Wildman–Crippen LogP) is 1.33. The van der Waals surface area contributed by atoms with Gasteiger partial charge in [0.15, 0.2) is 0 Å². The van der Waals surface area contributed by atoms with Gasteiger partial charge in [0.1, 0.15) is 6.07 Å². The van der Waals surface area contributed by atoms with E-state index in [9.17, 15) is 15.2 Å². The molecule has 1 unspecified atom stereocenters. The van der Waals surface area contributed by atoms with Crippen molar-refractivity contribution in [2.45, 2.75) is 12.6 Å². The van der Waals surface area contributed by atoms with Crippen LogP contribution in [0.5, 0.6) is 0 Å². The summed E-state index contributed by atoms with van der Waals surface area (Å²) >= 11 is 0. The number of rotatable bonds is 7. The molecule has 0 saturated carbocycles. The molecular weight excluding hydrogens is 312 g/mol. The Hall–Kier alpha value is -2.96. The van der Waals surface area contributed by atoms with Crippen molar-refractivity contribution in [2.24, 2.45) is 0 Å². The van der Waals surface area contributed by atoms with Crippen molar-refractivity contribution in [2.75, 3.05) is 26.0 Å². The summed E-state index contributed by atoms with van der Waals surface area (Å²) in [6, 6.07) is 5.96. The summed E-state index contributed by atoms with van der Waals surface area (Å²) in [5.74, 6) is 0. The number of benzene rings is 1. The van der Waals surface area contributed by atoms with Crippen LogP contribution in [0.2, 0.25) is 0 Å². The summed E-state index contributed by atoms with van der Waals surface area (Å²) in [6.07, 6.45) is 2.70. The van der Waals surface area contributed by atoms with E-state index in [-0.39, 0.29) is 11.3 Å². The van der Waals surface area contributed by atoms with Gasteiger partial charge in [-0.1, -0.05) is 0 Å². The normalized spacial score (nSPS) is 12.0. The van der Waals surface area contributed by atoms with E-state index in [4.69, 9.17) is 5.26 Å². The van der Waals surface area contributed by atoms with Crippen molar-refractivity contribution in [3.05, 3.63) is 46.3 Å². The van der Waals surface area contributed by atoms with Crippen LogP contribution in [-0.4, -0.2) is 51.5 Å². The van der Waals surface area contributed by atoms with Crippen molar-refractivity contribution in [1.82, 2.24) is 14.7 Å². The first-order chi connectivity index (χ1) is 11.4. The van der Waals surface area contributed by atoms with Gasteiger partial charge in [-0.25, -0.2) is 0 Å². The van der Waals surface area contributed by atoms with Crippen LogP contribution in [-0.2, 0) is 6.54 Å². The van der Waals surface area contributed by atoms with E-state index >= 15 is 0 Å². The van der Waals surface area contributed by atoms with Gasteiger partial charge < -0.3 is 15.3 Å². The molecule has 2 rings (SSSR count). The van der Waals surface area contributed by atoms with Crippen LogP contribution in [0.3, 0.4) is 0 Å². The average molecular weight is 330 g/mol. The largest absolute Gasteiger partial charge is 0.390 e. The molecule has 1 aromatic heterocycles. The van der Waals surface area contributed by atoms with Crippen molar-refractivity contribution in [3.8, 4) is 6.07 Å². The highest BCUT2D eigenvalue weighted by Crippen LogP contribution is 2.24. The van der Waals surface area contributed by atoms with Crippen LogP contribution in [0, 0.1) is 21.4 Å². The third-order valence-electron chi connectivity index (χ3n) is 3.22. The Morgan fingerprint density at radius 3 is 2.92 bits per heavy atom. The second-order valence-corrected chi connectivity index (χ2v) is 5.59. The number of hydrogen-bond donors (Lipinski definition) is 2. The Balaban J connectivity index is 2.10. The fourth-order valence-corrected chi connectivity index (χ4v) is 2.23. The van der Waals surface area contributed by atoms with Crippen molar-refractivity contribution < 1.29 is 10.0 Å². The van der Waals surface area contributed by atoms with Crippen LogP contribution in [0.15, 0.2) is 30.6 Å². The first kappa shape index (κ1) is 17.4. The molecule has 0 amide bonds. The van der Waals surface area contributed by atoms with E-state index in [1.807, 2.05) is 25.1 Å². The van der Waals surface area contributed by atoms with Crippen molar-refractivity contribution in [3.63, 3.8) is 0 Å². The van der Waals surface area contributed by atoms with E-state index in [1.54, 1.807) is 17.1 Å². The van der Waals surface area contributed by atoms with Gasteiger partial charge in [-0.15, -0.1) is 0 Å². The van der Waals surface area contributed by atoms with Crippen LogP contribution >= 0.6 is 0 Å². The zero-order valence-electron chi connectivity index (χ0n) is 13.4. The molecule has 9 heteroatoms. The van der Waals surface area contributed by atoms with Gasteiger partial charge in [-0.05, 0) is 20.2 Å². The van der Waals surface area contributed by atoms with Crippen LogP contribution in [0.1, 0.15) is 5.56 Å². The number of aliphatic hydroxyl groups excluding tert-OH is 1. The number of aromatic nitrogens is 2. The number of hydrogen-bond acceptors (Lipinski definition) is 7. The highest BCUT2D eigenvalue weighted by atomic mass is 16.6. The number of anilines is 2. The molecule has 0 spiro atoms. The van der Waals surface area contributed by atoms with E-state index in [0.29, 0.717) is 24.5 Å². The number of non-ortho nitro benzene ring substituents is 1. The molecule has 2 N–H and O–H groups in total. The van der Waals surface area contributed by atoms with Crippen molar-refractivity contribution in [1.29, 1.82) is 5.26 Å². The molecule has 0 bridgehead atoms. The summed E-state index contributed by atoms with van der Waals surface area (Å²) in [5, 5.41) is 37.0. The lowest BCUT2D eigenvalue weighted by molar-refractivity contribution is -0.384. The molecule has 0 aliphatic carbocycles. The lowest BCUT2D eigenvalue weighted by Crippen LogP contribution is -2.29. The Morgan fingerprint density at radius 2 is 2.29 bits per heavy atom. The van der Waals surface area contributed by atoms with Gasteiger partial charge in [0.05, 0.1) is 40.7 Å². The number of likely N-dealkylation sites (N-methyl/N-ethyl adjacent to an activating group) is 1. The highest BCUT2D eigenvalue weighted by molar-refractivity contribution is 5.67. The Bertz CT molecular complexity index is 765. The number of nitro benzene ring substituents is 1. The van der Waals surface area contributed by atoms with Gasteiger partial charge in [-0.3, -0.25) is 14.8 Å². The molecule has 126 valence electrons. The van der Waals surface area contributed by atoms with Crippen LogP contribution < -0.4 is 5.32 Å². The Kier molecular flexibility index (Phi) is 5.47. The highest BCUT2D eigenvalue weighted by Gasteiger charge is 2.12. The molecule has 1 atom stereocenters. The fourth-order valence-electron chi connectivity index (χ4n) is 2.23. The maximum Gasteiger partial charge on any atom is 0.270 e. The van der Waals surface area contributed by atoms with Gasteiger partial charge in [-0.2, -0.15) is 10.4 Å². The van der Waals surface area contributed by atoms with Crippen LogP contribution in [0.4, 0.5) is 17.1 Å². The van der Waals surface area contributed by atoms with E-state index in [1.165, 1.54) is 18.2 Å². The average Bonchev–Trinajstić information content (AvgIpc) is 2.93. The summed E-state index contributed by atoms with van der Waals surface area (Å²) < 4.78 is 1.59. The molecule has 0 fully saturated rings. The summed E-state index contributed by atoms with van der Waals surface area (Å²) in [6.45, 7) is 0.856. The van der Waals surface area contributed by atoms with E-state index in [2.05, 4.69) is 10.4 Å². The maximum atomic E-state index is 10.8. The van der Waals surface area contributed by atoms with Crippen LogP contribution in [0.25, 0.3) is 0 Å². The minimum Gasteiger partial charge on any atom is -0.390 e. The second-order valence-electron chi connectivity index (χ2n) is 5.59. The van der Waals surface area contributed by atoms with Gasteiger partial charge >= 0.3 is 0 Å². The Morgan fingerprint density at radius 1 is 1.54 bits per heavy atom. The minimum absolute atomic E-state index is 0.139. The van der Waals surface area contributed by atoms with Gasteiger partial charge in [0, 0.05) is 24.9 Å². The monoisotopic (exact) mass is 330 g/mol. The fraction of sp³-hybridized carbons (Fsp3) is 0.333. The lowest BCUT2D eigenvalue weighted by Gasteiger charge is -2.15. The van der Waals surface area contributed by atoms with Gasteiger partial charge in [0.2, 0.25) is 0 Å². The first-order valence-electron chi connectivity index (χ1n) is 7.20. The Labute approximate surface area is 138 Å². The third kappa shape index (κ3) is 4.52. The summed E-state index contributed by atoms with van der Waals surface area (Å²) in [7, 11) is 3.74. The molecule has 0 radical (unpaired) electrons.